The molecule has 0 radical (unpaired) electrons. The summed E-state index contributed by atoms with van der Waals surface area (Å²) >= 11 is 1.40. The fourth-order valence-electron chi connectivity index (χ4n) is 2.38. The maximum absolute atomic E-state index is 12.0. The minimum Gasteiger partial charge on any atom is -0.493 e. The smallest absolute Gasteiger partial charge is 0.266 e. The highest BCUT2D eigenvalue weighted by Crippen LogP contribution is 2.45. The van der Waals surface area contributed by atoms with Crippen molar-refractivity contribution in [1.29, 1.82) is 0 Å². The maximum atomic E-state index is 12.0. The molecule has 0 aliphatic heterocycles. The Morgan fingerprint density at radius 2 is 1.85 bits per heavy atom. The molecule has 0 aliphatic carbocycles. The number of thiophene rings is 1. The van der Waals surface area contributed by atoms with Crippen molar-refractivity contribution in [3.63, 3.8) is 0 Å². The number of methoxy groups -OCH3 is 3. The molecule has 104 valence electrons. The molecular formula is C14H13NO4S. The molecule has 6 heteroatoms. The zero-order valence-electron chi connectivity index (χ0n) is 11.3. The minimum atomic E-state index is -0.114. The topological polar surface area (TPSA) is 60.6 Å². The minimum absolute atomic E-state index is 0.114. The molecule has 5 nitrogen and oxygen atoms in total. The van der Waals surface area contributed by atoms with Crippen molar-refractivity contribution in [2.75, 3.05) is 21.3 Å². The average Bonchev–Trinajstić information content (AvgIpc) is 2.95. The molecule has 0 unspecified atom stereocenters. The Balaban J connectivity index is 2.59. The van der Waals surface area contributed by atoms with Gasteiger partial charge in [-0.1, -0.05) is 0 Å². The fourth-order valence-corrected chi connectivity index (χ4v) is 3.18. The van der Waals surface area contributed by atoms with Crippen LogP contribution in [-0.4, -0.2) is 26.3 Å². The van der Waals surface area contributed by atoms with Gasteiger partial charge in [0.05, 0.1) is 32.2 Å². The van der Waals surface area contributed by atoms with E-state index < -0.39 is 0 Å². The first-order valence-corrected chi connectivity index (χ1v) is 6.81. The molecular weight excluding hydrogens is 278 g/mol. The van der Waals surface area contributed by atoms with E-state index in [1.165, 1.54) is 11.3 Å². The van der Waals surface area contributed by atoms with Gasteiger partial charge in [-0.05, 0) is 11.4 Å². The zero-order valence-corrected chi connectivity index (χ0v) is 12.1. The van der Waals surface area contributed by atoms with Crippen LogP contribution in [0.25, 0.3) is 21.0 Å². The van der Waals surface area contributed by atoms with Gasteiger partial charge in [0.2, 0.25) is 5.75 Å². The van der Waals surface area contributed by atoms with Gasteiger partial charge in [-0.25, -0.2) is 0 Å². The van der Waals surface area contributed by atoms with E-state index in [1.54, 1.807) is 27.4 Å². The monoisotopic (exact) mass is 291 g/mol. The molecule has 0 spiro atoms. The van der Waals surface area contributed by atoms with Crippen molar-refractivity contribution < 1.29 is 14.2 Å². The quantitative estimate of drug-likeness (QED) is 0.806. The average molecular weight is 291 g/mol. The second-order valence-electron chi connectivity index (χ2n) is 4.19. The van der Waals surface area contributed by atoms with E-state index in [0.29, 0.717) is 27.5 Å². The van der Waals surface area contributed by atoms with Crippen LogP contribution in [0.2, 0.25) is 0 Å². The number of hydrogen-bond acceptors (Lipinski definition) is 5. The van der Waals surface area contributed by atoms with Crippen LogP contribution in [-0.2, 0) is 0 Å². The first kappa shape index (κ1) is 12.8. The number of hydrogen-bond donors (Lipinski definition) is 1. The van der Waals surface area contributed by atoms with Gasteiger partial charge in [-0.15, -0.1) is 11.3 Å². The first-order valence-electron chi connectivity index (χ1n) is 5.93. The molecule has 0 bridgehead atoms. The highest BCUT2D eigenvalue weighted by Gasteiger charge is 2.19. The van der Waals surface area contributed by atoms with Crippen molar-refractivity contribution >= 4 is 32.3 Å². The van der Waals surface area contributed by atoms with Crippen LogP contribution < -0.4 is 19.8 Å². The van der Waals surface area contributed by atoms with Crippen LogP contribution in [0.4, 0.5) is 0 Å². The van der Waals surface area contributed by atoms with Gasteiger partial charge < -0.3 is 19.2 Å². The largest absolute Gasteiger partial charge is 0.493 e. The second kappa shape index (κ2) is 4.72. The van der Waals surface area contributed by atoms with E-state index in [0.717, 1.165) is 10.8 Å². The molecule has 3 rings (SSSR count). The van der Waals surface area contributed by atoms with Gasteiger partial charge in [-0.3, -0.25) is 4.79 Å². The SMILES string of the molecule is COc1cc2[nH]c(=O)c3sccc3c2c(OC)c1OC. The van der Waals surface area contributed by atoms with Gasteiger partial charge in [0.15, 0.2) is 11.5 Å². The van der Waals surface area contributed by atoms with E-state index in [1.807, 2.05) is 11.4 Å². The molecule has 0 amide bonds. The molecule has 20 heavy (non-hydrogen) atoms. The molecule has 0 saturated carbocycles. The lowest BCUT2D eigenvalue weighted by Gasteiger charge is -2.15. The molecule has 3 aromatic rings. The van der Waals surface area contributed by atoms with Crippen LogP contribution in [0.5, 0.6) is 17.2 Å². The number of nitrogens with one attached hydrogen (secondary N) is 1. The molecule has 1 aromatic carbocycles. The Kier molecular flexibility index (Phi) is 3.02. The standard InChI is InChI=1S/C14H13NO4S/c1-17-9-6-8-10(12(19-3)11(9)18-2)7-4-5-20-13(7)14(16)15-8/h4-6H,1-3H3,(H,15,16). The van der Waals surface area contributed by atoms with Crippen molar-refractivity contribution in [2.45, 2.75) is 0 Å². The van der Waals surface area contributed by atoms with Crippen LogP contribution in [0, 0.1) is 0 Å². The molecule has 0 atom stereocenters. The summed E-state index contributed by atoms with van der Waals surface area (Å²) in [6, 6.07) is 3.65. The molecule has 2 aromatic heterocycles. The lowest BCUT2D eigenvalue weighted by Crippen LogP contribution is -2.06. The van der Waals surface area contributed by atoms with Gasteiger partial charge in [0.25, 0.3) is 5.56 Å². The normalized spacial score (nSPS) is 10.9. The van der Waals surface area contributed by atoms with Crippen molar-refractivity contribution in [2.24, 2.45) is 0 Å². The van der Waals surface area contributed by atoms with Crippen LogP contribution >= 0.6 is 11.3 Å². The molecule has 0 aliphatic rings. The van der Waals surface area contributed by atoms with Crippen LogP contribution in [0.1, 0.15) is 0 Å². The predicted molar refractivity (Wildman–Crippen MR) is 79.6 cm³/mol. The Bertz CT molecular complexity index is 850. The Labute approximate surface area is 118 Å². The number of fused-ring (bicyclic) bond motifs is 3. The Morgan fingerprint density at radius 3 is 2.50 bits per heavy atom. The third-order valence-corrected chi connectivity index (χ3v) is 4.13. The maximum Gasteiger partial charge on any atom is 0.266 e. The summed E-state index contributed by atoms with van der Waals surface area (Å²) < 4.78 is 16.8. The third-order valence-electron chi connectivity index (χ3n) is 3.22. The number of pyridine rings is 1. The number of aromatic nitrogens is 1. The zero-order chi connectivity index (χ0) is 14.3. The summed E-state index contributed by atoms with van der Waals surface area (Å²) in [6.45, 7) is 0. The van der Waals surface area contributed by atoms with E-state index in [4.69, 9.17) is 14.2 Å². The summed E-state index contributed by atoms with van der Waals surface area (Å²) in [4.78, 5) is 14.9. The first-order chi connectivity index (χ1) is 9.71. The summed E-state index contributed by atoms with van der Waals surface area (Å²) in [6.07, 6.45) is 0. The van der Waals surface area contributed by atoms with Crippen molar-refractivity contribution in [3.8, 4) is 17.2 Å². The molecule has 2 heterocycles. The highest BCUT2D eigenvalue weighted by atomic mass is 32.1. The van der Waals surface area contributed by atoms with Gasteiger partial charge in [-0.2, -0.15) is 0 Å². The molecule has 0 saturated heterocycles. The van der Waals surface area contributed by atoms with Gasteiger partial charge >= 0.3 is 0 Å². The van der Waals surface area contributed by atoms with E-state index in [-0.39, 0.29) is 5.56 Å². The van der Waals surface area contributed by atoms with E-state index in [9.17, 15) is 4.79 Å². The van der Waals surface area contributed by atoms with Gasteiger partial charge in [0, 0.05) is 11.5 Å². The van der Waals surface area contributed by atoms with Crippen molar-refractivity contribution in [1.82, 2.24) is 4.98 Å². The number of ether oxygens (including phenoxy) is 3. The number of H-pyrrole nitrogens is 1. The second-order valence-corrected chi connectivity index (χ2v) is 5.10. The number of benzene rings is 1. The summed E-state index contributed by atoms with van der Waals surface area (Å²) in [5.74, 6) is 1.59. The van der Waals surface area contributed by atoms with Crippen LogP contribution in [0.3, 0.4) is 0 Å². The third kappa shape index (κ3) is 1.65. The fraction of sp³-hybridized carbons (Fsp3) is 0.214. The summed E-state index contributed by atoms with van der Waals surface area (Å²) in [5, 5.41) is 3.56. The van der Waals surface area contributed by atoms with E-state index in [2.05, 4.69) is 4.98 Å². The lowest BCUT2D eigenvalue weighted by atomic mass is 10.1. The van der Waals surface area contributed by atoms with Gasteiger partial charge in [0.1, 0.15) is 4.70 Å². The van der Waals surface area contributed by atoms with Crippen LogP contribution in [0.15, 0.2) is 22.3 Å². The van der Waals surface area contributed by atoms with Crippen molar-refractivity contribution in [3.05, 3.63) is 27.9 Å². The molecule has 0 fully saturated rings. The summed E-state index contributed by atoms with van der Waals surface area (Å²) in [7, 11) is 4.67. The number of aromatic amines is 1. The highest BCUT2D eigenvalue weighted by molar-refractivity contribution is 7.17. The number of rotatable bonds is 3. The molecule has 1 N–H and O–H groups in total. The Morgan fingerprint density at radius 1 is 1.10 bits per heavy atom. The van der Waals surface area contributed by atoms with E-state index >= 15 is 0 Å². The lowest BCUT2D eigenvalue weighted by molar-refractivity contribution is 0.327. The Hall–Kier alpha value is -2.21. The predicted octanol–water partition coefficient (Wildman–Crippen LogP) is 2.77. The summed E-state index contributed by atoms with van der Waals surface area (Å²) in [5.41, 5.74) is 0.548.